The number of carboxylic acids is 1. The molecule has 6 nitrogen and oxygen atoms in total. The van der Waals surface area contributed by atoms with Crippen LogP contribution in [-0.2, 0) is 11.3 Å². The predicted molar refractivity (Wildman–Crippen MR) is 119 cm³/mol. The van der Waals surface area contributed by atoms with E-state index in [0.717, 1.165) is 42.4 Å². The summed E-state index contributed by atoms with van der Waals surface area (Å²) in [6.45, 7) is 4.24. The second-order valence-corrected chi connectivity index (χ2v) is 8.02. The Labute approximate surface area is 189 Å². The summed E-state index contributed by atoms with van der Waals surface area (Å²) in [6, 6.07) is 14.7. The fraction of sp³-hybridized carbons (Fsp3) is 0.333. The molecule has 176 valence electrons. The third kappa shape index (κ3) is 5.73. The monoisotopic (exact) mass is 461 g/mol. The first-order chi connectivity index (χ1) is 15.6. The number of rotatable bonds is 3. The van der Waals surface area contributed by atoms with Crippen LogP contribution in [0.15, 0.2) is 48.7 Å². The molecule has 33 heavy (non-hydrogen) atoms. The quantitative estimate of drug-likeness (QED) is 0.531. The van der Waals surface area contributed by atoms with Crippen LogP contribution in [0.4, 0.5) is 13.2 Å². The number of alkyl halides is 3. The molecule has 4 N–H and O–H groups in total. The molecule has 1 saturated heterocycles. The van der Waals surface area contributed by atoms with Gasteiger partial charge in [0.1, 0.15) is 0 Å². The molecule has 1 aromatic heterocycles. The lowest BCUT2D eigenvalue weighted by Gasteiger charge is -2.32. The fourth-order valence-corrected chi connectivity index (χ4v) is 4.04. The number of likely N-dealkylation sites (tertiary alicyclic amines) is 1. The summed E-state index contributed by atoms with van der Waals surface area (Å²) in [7, 11) is 0. The van der Waals surface area contributed by atoms with Gasteiger partial charge in [-0.25, -0.2) is 4.79 Å². The molecule has 1 aliphatic heterocycles. The lowest BCUT2D eigenvalue weighted by atomic mass is 9.88. The number of aromatic amines is 1. The van der Waals surface area contributed by atoms with Gasteiger partial charge in [-0.1, -0.05) is 42.5 Å². The Kier molecular flexibility index (Phi) is 7.43. The molecule has 0 spiro atoms. The highest BCUT2D eigenvalue weighted by Crippen LogP contribution is 2.30. The van der Waals surface area contributed by atoms with E-state index in [2.05, 4.69) is 42.2 Å². The SMILES string of the molecule is Cc1cccc2c(C(=O)N3CCC(c4cccc(CN)c4)CC3)c[nH]c12.O=C(O)C(F)(F)F. The van der Waals surface area contributed by atoms with Crippen molar-refractivity contribution in [3.63, 3.8) is 0 Å². The molecule has 0 unspecified atom stereocenters. The number of piperidine rings is 1. The van der Waals surface area contributed by atoms with Crippen molar-refractivity contribution in [3.8, 4) is 0 Å². The molecule has 0 atom stereocenters. The van der Waals surface area contributed by atoms with Crippen molar-refractivity contribution in [3.05, 3.63) is 70.9 Å². The molecule has 0 radical (unpaired) electrons. The van der Waals surface area contributed by atoms with E-state index in [0.29, 0.717) is 12.5 Å². The molecule has 4 rings (SSSR count). The number of fused-ring (bicyclic) bond motifs is 1. The Morgan fingerprint density at radius 3 is 2.39 bits per heavy atom. The van der Waals surface area contributed by atoms with Crippen molar-refractivity contribution in [1.29, 1.82) is 0 Å². The van der Waals surface area contributed by atoms with Crippen molar-refractivity contribution in [2.24, 2.45) is 5.73 Å². The smallest absolute Gasteiger partial charge is 0.475 e. The highest BCUT2D eigenvalue weighted by atomic mass is 19.4. The van der Waals surface area contributed by atoms with Crippen LogP contribution in [0.5, 0.6) is 0 Å². The van der Waals surface area contributed by atoms with Crippen molar-refractivity contribution < 1.29 is 27.9 Å². The molecule has 2 aromatic carbocycles. The van der Waals surface area contributed by atoms with Gasteiger partial charge in [-0.2, -0.15) is 13.2 Å². The van der Waals surface area contributed by atoms with Gasteiger partial charge in [0.05, 0.1) is 5.56 Å². The molecular formula is C24H26F3N3O3. The number of carbonyl (C=O) groups is 2. The van der Waals surface area contributed by atoms with Gasteiger partial charge in [0.25, 0.3) is 5.91 Å². The first-order valence-corrected chi connectivity index (χ1v) is 10.6. The second kappa shape index (κ2) is 10.1. The highest BCUT2D eigenvalue weighted by Gasteiger charge is 2.38. The first-order valence-electron chi connectivity index (χ1n) is 10.6. The van der Waals surface area contributed by atoms with Gasteiger partial charge in [0, 0.05) is 36.7 Å². The third-order valence-electron chi connectivity index (χ3n) is 5.84. The Morgan fingerprint density at radius 2 is 1.79 bits per heavy atom. The minimum Gasteiger partial charge on any atom is -0.475 e. The predicted octanol–water partition coefficient (Wildman–Crippen LogP) is 4.59. The number of nitrogens with two attached hydrogens (primary N) is 1. The topological polar surface area (TPSA) is 99.4 Å². The van der Waals surface area contributed by atoms with Crippen molar-refractivity contribution in [1.82, 2.24) is 9.88 Å². The summed E-state index contributed by atoms with van der Waals surface area (Å²) in [5.41, 5.74) is 11.3. The number of amides is 1. The minimum atomic E-state index is -5.08. The standard InChI is InChI=1S/C22H25N3O.C2HF3O2/c1-15-4-2-7-19-20(14-24-21(15)19)22(26)25-10-8-17(9-11-25)18-6-3-5-16(12-18)13-23;3-2(4,5)1(6)7/h2-7,12,14,17,24H,8-11,13,23H2,1H3;(H,6,7). The van der Waals surface area contributed by atoms with E-state index in [4.69, 9.17) is 15.6 Å². The molecular weight excluding hydrogens is 435 g/mol. The number of nitrogens with one attached hydrogen (secondary N) is 1. The fourth-order valence-electron chi connectivity index (χ4n) is 4.04. The third-order valence-corrected chi connectivity index (χ3v) is 5.84. The summed E-state index contributed by atoms with van der Waals surface area (Å²) < 4.78 is 31.7. The molecule has 1 amide bonds. The van der Waals surface area contributed by atoms with E-state index < -0.39 is 12.1 Å². The number of benzene rings is 2. The van der Waals surface area contributed by atoms with Crippen LogP contribution >= 0.6 is 0 Å². The highest BCUT2D eigenvalue weighted by molar-refractivity contribution is 6.07. The zero-order chi connectivity index (χ0) is 24.2. The van der Waals surface area contributed by atoms with E-state index in [9.17, 15) is 18.0 Å². The zero-order valence-electron chi connectivity index (χ0n) is 18.2. The lowest BCUT2D eigenvalue weighted by Crippen LogP contribution is -2.37. The van der Waals surface area contributed by atoms with Crippen molar-refractivity contribution in [2.75, 3.05) is 13.1 Å². The van der Waals surface area contributed by atoms with Gasteiger partial charge in [0.2, 0.25) is 0 Å². The van der Waals surface area contributed by atoms with Crippen LogP contribution < -0.4 is 5.73 Å². The summed E-state index contributed by atoms with van der Waals surface area (Å²) in [5.74, 6) is -2.11. The second-order valence-electron chi connectivity index (χ2n) is 8.02. The number of aliphatic carboxylic acids is 1. The lowest BCUT2D eigenvalue weighted by molar-refractivity contribution is -0.192. The van der Waals surface area contributed by atoms with Crippen molar-refractivity contribution >= 4 is 22.8 Å². The first kappa shape index (κ1) is 24.3. The number of hydrogen-bond donors (Lipinski definition) is 3. The summed E-state index contributed by atoms with van der Waals surface area (Å²) >= 11 is 0. The molecule has 3 aromatic rings. The van der Waals surface area contributed by atoms with E-state index in [-0.39, 0.29) is 5.91 Å². The minimum absolute atomic E-state index is 0.135. The Morgan fingerprint density at radius 1 is 1.15 bits per heavy atom. The average molecular weight is 461 g/mol. The van der Waals surface area contributed by atoms with E-state index in [1.54, 1.807) is 0 Å². The van der Waals surface area contributed by atoms with Gasteiger partial charge >= 0.3 is 12.1 Å². The maximum absolute atomic E-state index is 13.0. The largest absolute Gasteiger partial charge is 0.490 e. The van der Waals surface area contributed by atoms with Gasteiger partial charge in [-0.15, -0.1) is 0 Å². The number of carbonyl (C=O) groups excluding carboxylic acids is 1. The Hall–Kier alpha value is -3.33. The Balaban J connectivity index is 0.000000383. The van der Waals surface area contributed by atoms with Gasteiger partial charge in [0.15, 0.2) is 0 Å². The van der Waals surface area contributed by atoms with Crippen molar-refractivity contribution in [2.45, 2.75) is 38.4 Å². The number of H-pyrrole nitrogens is 1. The van der Waals surface area contributed by atoms with Crippen LogP contribution in [-0.4, -0.2) is 46.1 Å². The molecule has 0 aliphatic carbocycles. The zero-order valence-corrected chi connectivity index (χ0v) is 18.2. The van der Waals surface area contributed by atoms with Crippen LogP contribution in [0.2, 0.25) is 0 Å². The molecule has 1 aliphatic rings. The molecule has 0 saturated carbocycles. The average Bonchev–Trinajstić information content (AvgIpc) is 3.24. The van der Waals surface area contributed by atoms with Gasteiger partial charge in [-0.3, -0.25) is 4.79 Å². The number of aromatic nitrogens is 1. The molecule has 2 heterocycles. The molecule has 1 fully saturated rings. The van der Waals surface area contributed by atoms with E-state index >= 15 is 0 Å². The van der Waals surface area contributed by atoms with Gasteiger partial charge < -0.3 is 20.7 Å². The molecule has 9 heteroatoms. The van der Waals surface area contributed by atoms with E-state index in [1.807, 2.05) is 23.2 Å². The number of nitrogens with zero attached hydrogens (tertiary/aromatic N) is 1. The molecule has 0 bridgehead atoms. The number of halogens is 3. The summed E-state index contributed by atoms with van der Waals surface area (Å²) in [6.07, 6.45) is -1.22. The van der Waals surface area contributed by atoms with Crippen LogP contribution in [0, 0.1) is 6.92 Å². The van der Waals surface area contributed by atoms with Gasteiger partial charge in [-0.05, 0) is 42.4 Å². The van der Waals surface area contributed by atoms with Crippen LogP contribution in [0.25, 0.3) is 10.9 Å². The number of aryl methyl sites for hydroxylation is 1. The maximum atomic E-state index is 13.0. The van der Waals surface area contributed by atoms with Crippen LogP contribution in [0.3, 0.4) is 0 Å². The van der Waals surface area contributed by atoms with E-state index in [1.165, 1.54) is 16.7 Å². The Bertz CT molecular complexity index is 1130. The van der Waals surface area contributed by atoms with Crippen LogP contribution in [0.1, 0.15) is 45.8 Å². The number of carboxylic acid groups (broad SMARTS) is 1. The summed E-state index contributed by atoms with van der Waals surface area (Å²) in [5, 5.41) is 8.15. The number of hydrogen-bond acceptors (Lipinski definition) is 3. The maximum Gasteiger partial charge on any atom is 0.490 e. The summed E-state index contributed by atoms with van der Waals surface area (Å²) in [4.78, 5) is 27.2. The number of para-hydroxylation sites is 1. The normalized spacial score (nSPS) is 14.6.